The fourth-order valence-corrected chi connectivity index (χ4v) is 2.40. The van der Waals surface area contributed by atoms with Crippen LogP contribution in [-0.2, 0) is 0 Å². The van der Waals surface area contributed by atoms with Gasteiger partial charge in [0.15, 0.2) is 0 Å². The third-order valence-corrected chi connectivity index (χ3v) is 3.56. The highest BCUT2D eigenvalue weighted by Crippen LogP contribution is 2.24. The third kappa shape index (κ3) is 4.66. The monoisotopic (exact) mass is 245 g/mol. The first-order chi connectivity index (χ1) is 8.69. The number of benzene rings is 1. The van der Waals surface area contributed by atoms with E-state index < -0.39 is 0 Å². The van der Waals surface area contributed by atoms with Crippen LogP contribution in [0.15, 0.2) is 30.9 Å². The Morgan fingerprint density at radius 1 is 1.22 bits per heavy atom. The van der Waals surface area contributed by atoms with Gasteiger partial charge in [0.1, 0.15) is 0 Å². The fourth-order valence-electron chi connectivity index (χ4n) is 2.40. The van der Waals surface area contributed by atoms with Gasteiger partial charge < -0.3 is 5.32 Å². The van der Waals surface area contributed by atoms with Gasteiger partial charge in [-0.05, 0) is 51.3 Å². The molecule has 0 saturated carbocycles. The Hall–Kier alpha value is -1.08. The van der Waals surface area contributed by atoms with Gasteiger partial charge in [-0.1, -0.05) is 42.7 Å². The smallest absolute Gasteiger partial charge is 0.0320 e. The van der Waals surface area contributed by atoms with Crippen LogP contribution in [0, 0.1) is 13.8 Å². The molecule has 1 N–H and O–H groups in total. The van der Waals surface area contributed by atoms with E-state index in [1.165, 1.54) is 42.4 Å². The zero-order valence-corrected chi connectivity index (χ0v) is 12.1. The van der Waals surface area contributed by atoms with Gasteiger partial charge in [0, 0.05) is 6.04 Å². The molecule has 0 aromatic heterocycles. The molecule has 18 heavy (non-hydrogen) atoms. The quantitative estimate of drug-likeness (QED) is 0.517. The molecule has 0 saturated heterocycles. The van der Waals surface area contributed by atoms with Crippen molar-refractivity contribution < 1.29 is 0 Å². The van der Waals surface area contributed by atoms with E-state index >= 15 is 0 Å². The minimum absolute atomic E-state index is 0.494. The standard InChI is InChI=1S/C17H27N/c1-5-6-7-8-9-10-17(18-4)16-13-14(2)11-12-15(16)3/h5,11-13,17-18H,1,6-10H2,2-4H3. The van der Waals surface area contributed by atoms with E-state index in [4.69, 9.17) is 0 Å². The lowest BCUT2D eigenvalue weighted by atomic mass is 9.95. The van der Waals surface area contributed by atoms with E-state index in [1.54, 1.807) is 0 Å². The predicted molar refractivity (Wildman–Crippen MR) is 81.0 cm³/mol. The molecule has 100 valence electrons. The second-order valence-electron chi connectivity index (χ2n) is 5.13. The average molecular weight is 245 g/mol. The predicted octanol–water partition coefficient (Wildman–Crippen LogP) is 4.70. The second kappa shape index (κ2) is 8.10. The molecular weight excluding hydrogens is 218 g/mol. The van der Waals surface area contributed by atoms with Crippen LogP contribution in [0.4, 0.5) is 0 Å². The summed E-state index contributed by atoms with van der Waals surface area (Å²) in [6, 6.07) is 7.23. The van der Waals surface area contributed by atoms with Crippen LogP contribution in [0.25, 0.3) is 0 Å². The summed E-state index contributed by atoms with van der Waals surface area (Å²) in [5, 5.41) is 3.46. The van der Waals surface area contributed by atoms with Crippen LogP contribution in [0.2, 0.25) is 0 Å². The molecule has 0 fully saturated rings. The highest BCUT2D eigenvalue weighted by molar-refractivity contribution is 5.32. The number of hydrogen-bond acceptors (Lipinski definition) is 1. The molecule has 0 aliphatic carbocycles. The van der Waals surface area contributed by atoms with Gasteiger partial charge in [0.2, 0.25) is 0 Å². The van der Waals surface area contributed by atoms with Gasteiger partial charge >= 0.3 is 0 Å². The first kappa shape index (κ1) is 15.0. The van der Waals surface area contributed by atoms with Crippen LogP contribution in [0.1, 0.15) is 54.8 Å². The van der Waals surface area contributed by atoms with E-state index in [-0.39, 0.29) is 0 Å². The normalized spacial score (nSPS) is 12.4. The molecule has 0 amide bonds. The SMILES string of the molecule is C=CCCCCCC(NC)c1cc(C)ccc1C. The molecule has 0 radical (unpaired) electrons. The number of aryl methyl sites for hydroxylation is 2. The second-order valence-corrected chi connectivity index (χ2v) is 5.13. The summed E-state index contributed by atoms with van der Waals surface area (Å²) in [5.41, 5.74) is 4.20. The Kier molecular flexibility index (Phi) is 6.74. The summed E-state index contributed by atoms with van der Waals surface area (Å²) >= 11 is 0. The Morgan fingerprint density at radius 3 is 2.67 bits per heavy atom. The number of hydrogen-bond donors (Lipinski definition) is 1. The van der Waals surface area contributed by atoms with Crippen molar-refractivity contribution in [1.82, 2.24) is 5.32 Å². The van der Waals surface area contributed by atoms with Crippen molar-refractivity contribution in [3.8, 4) is 0 Å². The van der Waals surface area contributed by atoms with Gasteiger partial charge in [-0.2, -0.15) is 0 Å². The van der Waals surface area contributed by atoms with E-state index in [9.17, 15) is 0 Å². The summed E-state index contributed by atoms with van der Waals surface area (Å²) in [4.78, 5) is 0. The summed E-state index contributed by atoms with van der Waals surface area (Å²) in [6.45, 7) is 8.14. The topological polar surface area (TPSA) is 12.0 Å². The molecule has 1 nitrogen and oxygen atoms in total. The van der Waals surface area contributed by atoms with Crippen molar-refractivity contribution in [2.75, 3.05) is 7.05 Å². The first-order valence-corrected chi connectivity index (χ1v) is 7.04. The number of allylic oxidation sites excluding steroid dienone is 1. The van der Waals surface area contributed by atoms with Gasteiger partial charge in [0.25, 0.3) is 0 Å². The molecule has 1 aromatic carbocycles. The maximum atomic E-state index is 3.77. The highest BCUT2D eigenvalue weighted by Gasteiger charge is 2.11. The molecule has 1 heteroatoms. The highest BCUT2D eigenvalue weighted by atomic mass is 14.9. The van der Waals surface area contributed by atoms with Crippen molar-refractivity contribution in [2.24, 2.45) is 0 Å². The maximum Gasteiger partial charge on any atom is 0.0320 e. The molecule has 1 unspecified atom stereocenters. The zero-order valence-electron chi connectivity index (χ0n) is 12.1. The molecule has 0 spiro atoms. The third-order valence-electron chi connectivity index (χ3n) is 3.56. The van der Waals surface area contributed by atoms with Crippen LogP contribution >= 0.6 is 0 Å². The maximum absolute atomic E-state index is 3.77. The number of nitrogens with one attached hydrogen (secondary N) is 1. The van der Waals surface area contributed by atoms with Crippen LogP contribution in [-0.4, -0.2) is 7.05 Å². The van der Waals surface area contributed by atoms with Gasteiger partial charge in [-0.15, -0.1) is 6.58 Å². The minimum atomic E-state index is 0.494. The summed E-state index contributed by atoms with van der Waals surface area (Å²) < 4.78 is 0. The van der Waals surface area contributed by atoms with Crippen molar-refractivity contribution in [2.45, 2.75) is 52.0 Å². The molecule has 0 aliphatic heterocycles. The molecule has 0 aliphatic rings. The van der Waals surface area contributed by atoms with Gasteiger partial charge in [-0.25, -0.2) is 0 Å². The Morgan fingerprint density at radius 2 is 2.00 bits per heavy atom. The molecular formula is C17H27N. The van der Waals surface area contributed by atoms with E-state index in [0.29, 0.717) is 6.04 Å². The molecule has 1 aromatic rings. The van der Waals surface area contributed by atoms with Gasteiger partial charge in [-0.3, -0.25) is 0 Å². The number of unbranched alkanes of at least 4 members (excludes halogenated alkanes) is 3. The van der Waals surface area contributed by atoms with Crippen LogP contribution in [0.3, 0.4) is 0 Å². The van der Waals surface area contributed by atoms with E-state index in [1.807, 2.05) is 6.08 Å². The van der Waals surface area contributed by atoms with Crippen molar-refractivity contribution >= 4 is 0 Å². The summed E-state index contributed by atoms with van der Waals surface area (Å²) in [6.07, 6.45) is 8.24. The fraction of sp³-hybridized carbons (Fsp3) is 0.529. The van der Waals surface area contributed by atoms with Gasteiger partial charge in [0.05, 0.1) is 0 Å². The van der Waals surface area contributed by atoms with Crippen molar-refractivity contribution in [1.29, 1.82) is 0 Å². The Bertz CT molecular complexity index is 368. The molecule has 1 rings (SSSR count). The minimum Gasteiger partial charge on any atom is -0.313 e. The van der Waals surface area contributed by atoms with Crippen molar-refractivity contribution in [3.63, 3.8) is 0 Å². The van der Waals surface area contributed by atoms with E-state index in [2.05, 4.69) is 51.0 Å². The first-order valence-electron chi connectivity index (χ1n) is 7.04. The largest absolute Gasteiger partial charge is 0.313 e. The van der Waals surface area contributed by atoms with Crippen LogP contribution in [0.5, 0.6) is 0 Å². The lowest BCUT2D eigenvalue weighted by Gasteiger charge is -2.19. The lowest BCUT2D eigenvalue weighted by Crippen LogP contribution is -2.17. The average Bonchev–Trinajstić information content (AvgIpc) is 2.37. The van der Waals surface area contributed by atoms with Crippen LogP contribution < -0.4 is 5.32 Å². The molecule has 1 atom stereocenters. The summed E-state index contributed by atoms with van der Waals surface area (Å²) in [5.74, 6) is 0. The Balaban J connectivity index is 2.54. The van der Waals surface area contributed by atoms with Crippen molar-refractivity contribution in [3.05, 3.63) is 47.5 Å². The van der Waals surface area contributed by atoms with E-state index in [0.717, 1.165) is 6.42 Å². The lowest BCUT2D eigenvalue weighted by molar-refractivity contribution is 0.506. The molecule has 0 bridgehead atoms. The summed E-state index contributed by atoms with van der Waals surface area (Å²) in [7, 11) is 2.07. The molecule has 0 heterocycles. The Labute approximate surface area is 112 Å². The zero-order chi connectivity index (χ0) is 13.4. The number of rotatable bonds is 8.